The Balaban J connectivity index is 0.00000172. The molecular weight excluding hydrogens is 512 g/mol. The summed E-state index contributed by atoms with van der Waals surface area (Å²) in [5.74, 6) is 0.953. The van der Waals surface area contributed by atoms with Crippen LogP contribution in [0.3, 0.4) is 0 Å². The van der Waals surface area contributed by atoms with Gasteiger partial charge in [0.15, 0.2) is 0 Å². The number of amides is 2. The number of fused-ring (bicyclic) bond motifs is 6. The Labute approximate surface area is 234 Å². The molecule has 9 nitrogen and oxygen atoms in total. The molecule has 1 unspecified atom stereocenters. The zero-order valence-electron chi connectivity index (χ0n) is 23.2. The third kappa shape index (κ3) is 7.13. The van der Waals surface area contributed by atoms with Crippen LogP contribution in [0.15, 0.2) is 41.9 Å². The van der Waals surface area contributed by atoms with Gasteiger partial charge in [-0.3, -0.25) is 9.59 Å². The summed E-state index contributed by atoms with van der Waals surface area (Å²) >= 11 is 1.40. The monoisotopic (exact) mass is 550 g/mol. The molecule has 2 amide bonds. The van der Waals surface area contributed by atoms with E-state index in [4.69, 9.17) is 4.74 Å². The van der Waals surface area contributed by atoms with E-state index >= 15 is 0 Å². The summed E-state index contributed by atoms with van der Waals surface area (Å²) < 4.78 is 6.05. The molecule has 1 aromatic carbocycles. The molecule has 4 bridgehead atoms. The van der Waals surface area contributed by atoms with Crippen molar-refractivity contribution in [2.75, 3.05) is 51.0 Å². The highest BCUT2D eigenvalue weighted by Gasteiger charge is 2.28. The Morgan fingerprint density at radius 1 is 1.15 bits per heavy atom. The molecule has 3 aromatic rings. The van der Waals surface area contributed by atoms with Crippen LogP contribution in [0.5, 0.6) is 5.75 Å². The first-order valence-corrected chi connectivity index (χ1v) is 14.6. The van der Waals surface area contributed by atoms with Crippen LogP contribution in [0.25, 0.3) is 10.6 Å². The fourth-order valence-electron chi connectivity index (χ4n) is 4.58. The number of hydrogen-bond acceptors (Lipinski definition) is 8. The Bertz CT molecular complexity index is 1280. The summed E-state index contributed by atoms with van der Waals surface area (Å²) in [5.41, 5.74) is 2.23. The number of nitrogens with one attached hydrogen (secondary N) is 2. The van der Waals surface area contributed by atoms with Crippen LogP contribution >= 0.6 is 11.3 Å². The molecule has 208 valence electrons. The molecule has 1 atom stereocenters. The first-order valence-electron chi connectivity index (χ1n) is 13.7. The van der Waals surface area contributed by atoms with Crippen LogP contribution in [0.1, 0.15) is 60.4 Å². The number of anilines is 2. The highest BCUT2D eigenvalue weighted by Crippen LogP contribution is 2.30. The van der Waals surface area contributed by atoms with Crippen molar-refractivity contribution < 1.29 is 14.3 Å². The molecule has 39 heavy (non-hydrogen) atoms. The summed E-state index contributed by atoms with van der Waals surface area (Å²) in [6, 6.07) is 9.48. The van der Waals surface area contributed by atoms with E-state index in [1.165, 1.54) is 11.3 Å². The van der Waals surface area contributed by atoms with E-state index in [2.05, 4.69) is 25.5 Å². The average Bonchev–Trinajstić information content (AvgIpc) is 3.65. The number of hydrogen-bond donors (Lipinski definition) is 2. The fourth-order valence-corrected chi connectivity index (χ4v) is 5.37. The van der Waals surface area contributed by atoms with Crippen molar-refractivity contribution >= 4 is 34.7 Å². The Morgan fingerprint density at radius 3 is 2.79 bits per heavy atom. The maximum atomic E-state index is 13.3. The van der Waals surface area contributed by atoms with Crippen LogP contribution < -0.4 is 15.4 Å². The van der Waals surface area contributed by atoms with Gasteiger partial charge in [-0.1, -0.05) is 13.8 Å². The summed E-state index contributed by atoms with van der Waals surface area (Å²) in [5, 5.41) is 8.78. The minimum absolute atomic E-state index is 0.0401. The smallest absolute Gasteiger partial charge is 0.275 e. The van der Waals surface area contributed by atoms with E-state index in [-0.39, 0.29) is 11.8 Å². The summed E-state index contributed by atoms with van der Waals surface area (Å²) in [7, 11) is 4.08. The summed E-state index contributed by atoms with van der Waals surface area (Å²) in [6.07, 6.45) is 5.54. The predicted octanol–water partition coefficient (Wildman–Crippen LogP) is 5.23. The topological polar surface area (TPSA) is 99.7 Å². The van der Waals surface area contributed by atoms with Crippen molar-refractivity contribution in [3.05, 3.63) is 53.2 Å². The van der Waals surface area contributed by atoms with Gasteiger partial charge in [0.1, 0.15) is 22.3 Å². The fraction of sp³-hybridized carbons (Fsp3) is 0.448. The molecule has 1 fully saturated rings. The van der Waals surface area contributed by atoms with E-state index in [1.807, 2.05) is 45.0 Å². The number of thiazole rings is 1. The zero-order valence-corrected chi connectivity index (χ0v) is 24.0. The second kappa shape index (κ2) is 13.5. The lowest BCUT2D eigenvalue weighted by molar-refractivity contribution is 0.0782. The molecule has 0 saturated carbocycles. The SMILES string of the molecule is CC.CN(C)C1CCN(C(=O)c2ccc3c(c2)NC(=O)c2csc(n2)-c2ccnc(c2)NCCCCCO3)C1. The van der Waals surface area contributed by atoms with Gasteiger partial charge in [-0.05, 0) is 70.1 Å². The van der Waals surface area contributed by atoms with Crippen LogP contribution in [0, 0.1) is 0 Å². The lowest BCUT2D eigenvalue weighted by atomic mass is 10.1. The zero-order chi connectivity index (χ0) is 27.8. The Kier molecular flexibility index (Phi) is 9.89. The lowest BCUT2D eigenvalue weighted by Gasteiger charge is -2.21. The number of nitrogens with zero attached hydrogens (tertiary/aromatic N) is 4. The van der Waals surface area contributed by atoms with Crippen molar-refractivity contribution in [3.63, 3.8) is 0 Å². The quantitative estimate of drug-likeness (QED) is 0.450. The lowest BCUT2D eigenvalue weighted by Crippen LogP contribution is -2.34. The van der Waals surface area contributed by atoms with Gasteiger partial charge in [-0.15, -0.1) is 11.3 Å². The molecule has 2 aliphatic heterocycles. The first kappa shape index (κ1) is 28.5. The van der Waals surface area contributed by atoms with Gasteiger partial charge in [-0.2, -0.15) is 0 Å². The van der Waals surface area contributed by atoms with Crippen LogP contribution in [-0.4, -0.2) is 78.0 Å². The van der Waals surface area contributed by atoms with Gasteiger partial charge >= 0.3 is 0 Å². The van der Waals surface area contributed by atoms with Crippen molar-refractivity contribution in [2.24, 2.45) is 0 Å². The Morgan fingerprint density at radius 2 is 2.00 bits per heavy atom. The van der Waals surface area contributed by atoms with Crippen molar-refractivity contribution in [2.45, 2.75) is 45.6 Å². The maximum absolute atomic E-state index is 13.3. The number of likely N-dealkylation sites (tertiary alicyclic amines) is 1. The number of pyridine rings is 1. The predicted molar refractivity (Wildman–Crippen MR) is 157 cm³/mol. The molecular formula is C29H38N6O3S. The number of ether oxygens (including phenoxy) is 1. The van der Waals surface area contributed by atoms with Gasteiger partial charge in [0.25, 0.3) is 11.8 Å². The first-order chi connectivity index (χ1) is 19.0. The van der Waals surface area contributed by atoms with E-state index in [9.17, 15) is 9.59 Å². The van der Waals surface area contributed by atoms with Crippen LogP contribution in [0.2, 0.25) is 0 Å². The second-order valence-electron chi connectivity index (χ2n) is 9.63. The molecule has 1 saturated heterocycles. The third-order valence-corrected chi connectivity index (χ3v) is 7.68. The van der Waals surface area contributed by atoms with E-state index in [0.717, 1.165) is 55.2 Å². The number of carbonyl (C=O) groups is 2. The molecule has 0 radical (unpaired) electrons. The van der Waals surface area contributed by atoms with E-state index in [0.29, 0.717) is 41.9 Å². The van der Waals surface area contributed by atoms with Gasteiger partial charge in [0.05, 0.1) is 12.3 Å². The highest BCUT2D eigenvalue weighted by atomic mass is 32.1. The number of rotatable bonds is 2. The second-order valence-corrected chi connectivity index (χ2v) is 10.5. The number of likely N-dealkylation sites (N-methyl/N-ethyl adjacent to an activating group) is 1. The van der Waals surface area contributed by atoms with Gasteiger partial charge in [0, 0.05) is 48.4 Å². The molecule has 10 heteroatoms. The molecule has 0 aliphatic carbocycles. The minimum Gasteiger partial charge on any atom is -0.491 e. The largest absolute Gasteiger partial charge is 0.491 e. The third-order valence-electron chi connectivity index (χ3n) is 6.78. The molecule has 2 N–H and O–H groups in total. The van der Waals surface area contributed by atoms with Crippen LogP contribution in [-0.2, 0) is 0 Å². The molecule has 2 aromatic heterocycles. The van der Waals surface area contributed by atoms with Crippen molar-refractivity contribution in [1.29, 1.82) is 0 Å². The molecule has 0 spiro atoms. The highest BCUT2D eigenvalue weighted by molar-refractivity contribution is 7.13. The van der Waals surface area contributed by atoms with Crippen molar-refractivity contribution in [1.82, 2.24) is 19.8 Å². The Hall–Kier alpha value is -3.50. The maximum Gasteiger partial charge on any atom is 0.275 e. The van der Waals surface area contributed by atoms with Crippen molar-refractivity contribution in [3.8, 4) is 16.3 Å². The average molecular weight is 551 g/mol. The van der Waals surface area contributed by atoms with Gasteiger partial charge < -0.3 is 25.2 Å². The van der Waals surface area contributed by atoms with E-state index < -0.39 is 0 Å². The number of benzene rings is 1. The molecule has 5 rings (SSSR count). The normalized spacial score (nSPS) is 17.6. The summed E-state index contributed by atoms with van der Waals surface area (Å²) in [4.78, 5) is 39.4. The molecule has 4 heterocycles. The van der Waals surface area contributed by atoms with E-state index in [1.54, 1.807) is 29.8 Å². The summed E-state index contributed by atoms with van der Waals surface area (Å²) in [6.45, 7) is 6.74. The van der Waals surface area contributed by atoms with Gasteiger partial charge in [0.2, 0.25) is 0 Å². The number of carbonyl (C=O) groups excluding carboxylic acids is 2. The van der Waals surface area contributed by atoms with Crippen LogP contribution in [0.4, 0.5) is 11.5 Å². The standard InChI is InChI=1S/C27H32N6O3S.C2H6/c1-32(2)20-9-12-33(16-20)27(35)19-6-7-23-21(14-19)30-25(34)22-17-37-26(31-22)18-8-11-29-24(15-18)28-10-4-3-5-13-36-23;1-2/h6-8,11,14-15,17,20H,3-5,9-10,12-13,16H2,1-2H3,(H,28,29)(H,30,34);1-2H3. The van der Waals surface area contributed by atoms with Gasteiger partial charge in [-0.25, -0.2) is 9.97 Å². The number of aromatic nitrogens is 2. The molecule has 2 aliphatic rings. The minimum atomic E-state index is -0.345.